The van der Waals surface area contributed by atoms with Gasteiger partial charge in [0.15, 0.2) is 0 Å². The minimum absolute atomic E-state index is 0.474. The zero-order chi connectivity index (χ0) is 11.5. The fourth-order valence-corrected chi connectivity index (χ4v) is 1.41. The number of hydrogen-bond acceptors (Lipinski definition) is 3. The van der Waals surface area contributed by atoms with E-state index in [0.717, 1.165) is 5.56 Å². The molecule has 0 fully saturated rings. The minimum Gasteiger partial charge on any atom is -0.437 e. The van der Waals surface area contributed by atoms with Crippen LogP contribution >= 0.6 is 11.6 Å². The number of nitrogen functional groups attached to an aromatic ring is 1. The van der Waals surface area contributed by atoms with Gasteiger partial charge in [0.2, 0.25) is 5.88 Å². The lowest BCUT2D eigenvalue weighted by atomic mass is 10.2. The summed E-state index contributed by atoms with van der Waals surface area (Å²) in [5.74, 6) is 1.07. The quantitative estimate of drug-likeness (QED) is 0.866. The molecule has 0 spiro atoms. The van der Waals surface area contributed by atoms with Crippen molar-refractivity contribution >= 4 is 17.3 Å². The lowest BCUT2D eigenvalue weighted by Crippen LogP contribution is -1.91. The van der Waals surface area contributed by atoms with Crippen LogP contribution in [0.3, 0.4) is 0 Å². The largest absolute Gasteiger partial charge is 0.437 e. The molecular weight excluding hydrogens is 224 g/mol. The lowest BCUT2D eigenvalue weighted by Gasteiger charge is -2.07. The highest BCUT2D eigenvalue weighted by Gasteiger charge is 2.03. The van der Waals surface area contributed by atoms with Gasteiger partial charge in [-0.15, -0.1) is 0 Å². The van der Waals surface area contributed by atoms with E-state index in [2.05, 4.69) is 4.98 Å². The number of rotatable bonds is 2. The summed E-state index contributed by atoms with van der Waals surface area (Å²) < 4.78 is 5.55. The Labute approximate surface area is 98.8 Å². The van der Waals surface area contributed by atoms with Gasteiger partial charge in [0.05, 0.1) is 16.9 Å². The van der Waals surface area contributed by atoms with Crippen LogP contribution in [0.15, 0.2) is 36.5 Å². The summed E-state index contributed by atoms with van der Waals surface area (Å²) >= 11 is 6.00. The second-order valence-corrected chi connectivity index (χ2v) is 3.87. The normalized spacial score (nSPS) is 10.1. The molecule has 0 unspecified atom stereocenters. The number of nitrogens with zero attached hydrogens (tertiary/aromatic N) is 1. The van der Waals surface area contributed by atoms with Crippen LogP contribution < -0.4 is 10.5 Å². The van der Waals surface area contributed by atoms with Gasteiger partial charge in [0, 0.05) is 6.07 Å². The number of anilines is 1. The van der Waals surface area contributed by atoms with E-state index in [1.165, 1.54) is 0 Å². The number of aromatic nitrogens is 1. The highest BCUT2D eigenvalue weighted by Crippen LogP contribution is 2.29. The van der Waals surface area contributed by atoms with E-state index in [9.17, 15) is 0 Å². The van der Waals surface area contributed by atoms with Crippen LogP contribution in [0.1, 0.15) is 5.56 Å². The summed E-state index contributed by atoms with van der Waals surface area (Å²) in [7, 11) is 0. The Hall–Kier alpha value is -1.74. The van der Waals surface area contributed by atoms with E-state index in [1.54, 1.807) is 24.4 Å². The van der Waals surface area contributed by atoms with Crippen molar-refractivity contribution < 1.29 is 4.74 Å². The van der Waals surface area contributed by atoms with Crippen molar-refractivity contribution in [1.29, 1.82) is 0 Å². The van der Waals surface area contributed by atoms with Crippen molar-refractivity contribution in [2.75, 3.05) is 5.73 Å². The first-order valence-electron chi connectivity index (χ1n) is 4.81. The molecule has 1 aromatic heterocycles. The standard InChI is InChI=1S/C12H11ClN2O/c1-8-2-4-10(13)11(6-8)16-12-5-3-9(14)7-15-12/h2-7H,14H2,1H3. The molecule has 0 aliphatic carbocycles. The molecule has 2 aromatic rings. The maximum absolute atomic E-state index is 6.00. The molecule has 0 radical (unpaired) electrons. The molecule has 0 atom stereocenters. The number of ether oxygens (including phenoxy) is 1. The number of benzene rings is 1. The summed E-state index contributed by atoms with van der Waals surface area (Å²) in [4.78, 5) is 4.04. The molecule has 0 aliphatic heterocycles. The Kier molecular flexibility index (Phi) is 2.97. The van der Waals surface area contributed by atoms with Crippen molar-refractivity contribution in [3.63, 3.8) is 0 Å². The van der Waals surface area contributed by atoms with Gasteiger partial charge in [-0.1, -0.05) is 17.7 Å². The first-order chi connectivity index (χ1) is 7.65. The van der Waals surface area contributed by atoms with Crippen molar-refractivity contribution in [1.82, 2.24) is 4.98 Å². The monoisotopic (exact) mass is 234 g/mol. The van der Waals surface area contributed by atoms with Gasteiger partial charge in [-0.05, 0) is 30.7 Å². The number of nitrogens with two attached hydrogens (primary N) is 1. The molecule has 1 heterocycles. The second kappa shape index (κ2) is 4.41. The zero-order valence-corrected chi connectivity index (χ0v) is 9.53. The Morgan fingerprint density at radius 1 is 1.25 bits per heavy atom. The SMILES string of the molecule is Cc1ccc(Cl)c(Oc2ccc(N)cn2)c1. The third-order valence-electron chi connectivity index (χ3n) is 2.06. The van der Waals surface area contributed by atoms with Gasteiger partial charge < -0.3 is 10.5 Å². The van der Waals surface area contributed by atoms with Crippen molar-refractivity contribution in [2.45, 2.75) is 6.92 Å². The number of pyridine rings is 1. The number of halogens is 1. The number of aryl methyl sites for hydroxylation is 1. The van der Waals surface area contributed by atoms with Gasteiger partial charge in [-0.2, -0.15) is 0 Å². The van der Waals surface area contributed by atoms with Crippen molar-refractivity contribution in [3.05, 3.63) is 47.1 Å². The van der Waals surface area contributed by atoms with E-state index < -0.39 is 0 Å². The zero-order valence-electron chi connectivity index (χ0n) is 8.77. The maximum Gasteiger partial charge on any atom is 0.219 e. The molecule has 0 saturated heterocycles. The predicted molar refractivity (Wildman–Crippen MR) is 64.9 cm³/mol. The fraction of sp³-hybridized carbons (Fsp3) is 0.0833. The summed E-state index contributed by atoms with van der Waals surface area (Å²) in [6.45, 7) is 1.97. The first kappa shape index (κ1) is 10.8. The summed E-state index contributed by atoms with van der Waals surface area (Å²) in [5.41, 5.74) is 7.21. The van der Waals surface area contributed by atoms with E-state index in [1.807, 2.05) is 19.1 Å². The molecule has 1 aromatic carbocycles. The highest BCUT2D eigenvalue weighted by atomic mass is 35.5. The van der Waals surface area contributed by atoms with Crippen LogP contribution in [0.4, 0.5) is 5.69 Å². The molecule has 0 saturated carbocycles. The topological polar surface area (TPSA) is 48.1 Å². The highest BCUT2D eigenvalue weighted by molar-refractivity contribution is 6.32. The van der Waals surface area contributed by atoms with Gasteiger partial charge in [-0.25, -0.2) is 4.98 Å². The fourth-order valence-electron chi connectivity index (χ4n) is 1.25. The van der Waals surface area contributed by atoms with Crippen molar-refractivity contribution in [2.24, 2.45) is 0 Å². The molecule has 3 nitrogen and oxygen atoms in total. The van der Waals surface area contributed by atoms with E-state index in [-0.39, 0.29) is 0 Å². The lowest BCUT2D eigenvalue weighted by molar-refractivity contribution is 0.463. The molecular formula is C12H11ClN2O. The Balaban J connectivity index is 2.26. The summed E-state index contributed by atoms with van der Waals surface area (Å²) in [5, 5.41) is 0.559. The summed E-state index contributed by atoms with van der Waals surface area (Å²) in [6.07, 6.45) is 1.54. The average Bonchev–Trinajstić information content (AvgIpc) is 2.27. The van der Waals surface area contributed by atoms with Crippen molar-refractivity contribution in [3.8, 4) is 11.6 Å². The van der Waals surface area contributed by atoms with Crippen LogP contribution in [0.2, 0.25) is 5.02 Å². The van der Waals surface area contributed by atoms with Crippen LogP contribution in [0.25, 0.3) is 0 Å². The number of hydrogen-bond donors (Lipinski definition) is 1. The molecule has 0 amide bonds. The smallest absolute Gasteiger partial charge is 0.219 e. The molecule has 16 heavy (non-hydrogen) atoms. The van der Waals surface area contributed by atoms with Gasteiger partial charge >= 0.3 is 0 Å². The molecule has 2 rings (SSSR count). The third-order valence-corrected chi connectivity index (χ3v) is 2.37. The first-order valence-corrected chi connectivity index (χ1v) is 5.18. The summed E-state index contributed by atoms with van der Waals surface area (Å²) in [6, 6.07) is 9.01. The van der Waals surface area contributed by atoms with E-state index in [0.29, 0.717) is 22.3 Å². The van der Waals surface area contributed by atoms with E-state index >= 15 is 0 Å². The van der Waals surface area contributed by atoms with Crippen LogP contribution in [-0.4, -0.2) is 4.98 Å². The third kappa shape index (κ3) is 2.44. The Bertz CT molecular complexity index is 497. The van der Waals surface area contributed by atoms with Crippen LogP contribution in [0, 0.1) is 6.92 Å². The molecule has 4 heteroatoms. The van der Waals surface area contributed by atoms with E-state index in [4.69, 9.17) is 22.1 Å². The van der Waals surface area contributed by atoms with Gasteiger partial charge in [0.25, 0.3) is 0 Å². The van der Waals surface area contributed by atoms with Gasteiger partial charge in [-0.3, -0.25) is 0 Å². The molecule has 2 N–H and O–H groups in total. The van der Waals surface area contributed by atoms with Gasteiger partial charge in [0.1, 0.15) is 5.75 Å². The molecule has 82 valence electrons. The Morgan fingerprint density at radius 3 is 2.75 bits per heavy atom. The molecule has 0 bridgehead atoms. The maximum atomic E-state index is 6.00. The predicted octanol–water partition coefficient (Wildman–Crippen LogP) is 3.42. The average molecular weight is 235 g/mol. The van der Waals surface area contributed by atoms with Crippen LogP contribution in [-0.2, 0) is 0 Å². The Morgan fingerprint density at radius 2 is 2.06 bits per heavy atom. The molecule has 0 aliphatic rings. The van der Waals surface area contributed by atoms with Crippen LogP contribution in [0.5, 0.6) is 11.6 Å². The second-order valence-electron chi connectivity index (χ2n) is 3.47. The minimum atomic E-state index is 0.474.